The first-order chi connectivity index (χ1) is 13.6. The lowest BCUT2D eigenvalue weighted by atomic mass is 10.1. The van der Waals surface area contributed by atoms with Gasteiger partial charge in [-0.15, -0.1) is 11.3 Å². The maximum atomic E-state index is 12.2. The fourth-order valence-corrected chi connectivity index (χ4v) is 3.18. The number of anilines is 2. The molecule has 0 radical (unpaired) electrons. The number of benzene rings is 2. The van der Waals surface area contributed by atoms with E-state index in [4.69, 9.17) is 9.47 Å². The summed E-state index contributed by atoms with van der Waals surface area (Å²) in [5.41, 5.74) is 2.54. The van der Waals surface area contributed by atoms with Crippen LogP contribution < -0.4 is 15.4 Å². The molecule has 0 bridgehead atoms. The Morgan fingerprint density at radius 2 is 1.82 bits per heavy atom. The summed E-state index contributed by atoms with van der Waals surface area (Å²) in [5.74, 6) is 0.315. The molecular weight excluding hydrogens is 378 g/mol. The van der Waals surface area contributed by atoms with E-state index >= 15 is 0 Å². The predicted octanol–water partition coefficient (Wildman–Crippen LogP) is 4.64. The first-order valence-electron chi connectivity index (χ1n) is 8.54. The Labute approximate surface area is 166 Å². The van der Waals surface area contributed by atoms with E-state index in [0.29, 0.717) is 28.7 Å². The van der Waals surface area contributed by atoms with Gasteiger partial charge in [-0.2, -0.15) is 0 Å². The normalized spacial score (nSPS) is 10.2. The number of rotatable bonds is 6. The summed E-state index contributed by atoms with van der Waals surface area (Å²) in [5, 5.41) is 7.71. The molecule has 0 aliphatic carbocycles. The second-order valence-corrected chi connectivity index (χ2v) is 6.47. The minimum Gasteiger partial charge on any atom is -0.496 e. The van der Waals surface area contributed by atoms with Crippen LogP contribution in [-0.4, -0.2) is 30.7 Å². The molecular formula is C20H19N3O4S. The molecule has 0 fully saturated rings. The van der Waals surface area contributed by atoms with Gasteiger partial charge >= 0.3 is 12.0 Å². The quantitative estimate of drug-likeness (QED) is 0.592. The summed E-state index contributed by atoms with van der Waals surface area (Å²) in [7, 11) is 1.60. The molecule has 28 heavy (non-hydrogen) atoms. The molecule has 0 spiro atoms. The van der Waals surface area contributed by atoms with E-state index in [0.717, 1.165) is 11.3 Å². The van der Waals surface area contributed by atoms with E-state index in [2.05, 4.69) is 15.6 Å². The monoisotopic (exact) mass is 397 g/mol. The van der Waals surface area contributed by atoms with Crippen LogP contribution >= 0.6 is 11.3 Å². The van der Waals surface area contributed by atoms with Crippen molar-refractivity contribution in [2.75, 3.05) is 24.4 Å². The maximum Gasteiger partial charge on any atom is 0.338 e. The standard InChI is InChI=1S/C20H19N3O4S/c1-3-27-18(24)13-8-10-14(11-9-13)21-19(25)23-20-22-16(12-28-20)15-6-4-5-7-17(15)26-2/h4-12H,3H2,1-2H3,(H2,21,22,23,25). The first kappa shape index (κ1) is 19.4. The predicted molar refractivity (Wildman–Crippen MR) is 109 cm³/mol. The summed E-state index contributed by atoms with van der Waals surface area (Å²) >= 11 is 1.31. The van der Waals surface area contributed by atoms with E-state index in [9.17, 15) is 9.59 Å². The van der Waals surface area contributed by atoms with E-state index < -0.39 is 12.0 Å². The third-order valence-corrected chi connectivity index (χ3v) is 4.52. The maximum absolute atomic E-state index is 12.2. The fraction of sp³-hybridized carbons (Fsp3) is 0.150. The number of carbonyl (C=O) groups excluding carboxylic acids is 2. The number of carbonyl (C=O) groups is 2. The molecule has 144 valence electrons. The molecule has 2 amide bonds. The molecule has 8 heteroatoms. The molecule has 3 rings (SSSR count). The van der Waals surface area contributed by atoms with Crippen molar-refractivity contribution in [2.24, 2.45) is 0 Å². The van der Waals surface area contributed by atoms with Crippen molar-refractivity contribution in [3.8, 4) is 17.0 Å². The molecule has 0 atom stereocenters. The zero-order valence-electron chi connectivity index (χ0n) is 15.4. The van der Waals surface area contributed by atoms with Gasteiger partial charge in [0.1, 0.15) is 5.75 Å². The number of esters is 1. The molecule has 3 aromatic rings. The number of nitrogens with one attached hydrogen (secondary N) is 2. The minimum atomic E-state index is -0.426. The molecule has 1 heterocycles. The second kappa shape index (κ2) is 9.01. The van der Waals surface area contributed by atoms with Crippen molar-refractivity contribution in [2.45, 2.75) is 6.92 Å². The highest BCUT2D eigenvalue weighted by Gasteiger charge is 2.12. The van der Waals surface area contributed by atoms with Crippen LogP contribution in [0.15, 0.2) is 53.9 Å². The van der Waals surface area contributed by atoms with Gasteiger partial charge in [0.05, 0.1) is 25.0 Å². The average Bonchev–Trinajstić information content (AvgIpc) is 3.16. The molecule has 7 nitrogen and oxygen atoms in total. The molecule has 0 aliphatic heterocycles. The summed E-state index contributed by atoms with van der Waals surface area (Å²) in [6.45, 7) is 2.06. The number of urea groups is 1. The van der Waals surface area contributed by atoms with Crippen molar-refractivity contribution >= 4 is 34.2 Å². The van der Waals surface area contributed by atoms with Gasteiger partial charge in [0.2, 0.25) is 0 Å². The van der Waals surface area contributed by atoms with Gasteiger partial charge in [-0.1, -0.05) is 12.1 Å². The molecule has 0 aliphatic rings. The van der Waals surface area contributed by atoms with Crippen molar-refractivity contribution in [3.05, 3.63) is 59.5 Å². The molecule has 0 saturated carbocycles. The Morgan fingerprint density at radius 1 is 1.07 bits per heavy atom. The van der Waals surface area contributed by atoms with Gasteiger partial charge in [0.15, 0.2) is 5.13 Å². The second-order valence-electron chi connectivity index (χ2n) is 5.62. The van der Waals surface area contributed by atoms with E-state index in [1.54, 1.807) is 38.3 Å². The van der Waals surface area contributed by atoms with Gasteiger partial charge in [0.25, 0.3) is 0 Å². The van der Waals surface area contributed by atoms with E-state index in [1.165, 1.54) is 11.3 Å². The van der Waals surface area contributed by atoms with Crippen LogP contribution in [0.25, 0.3) is 11.3 Å². The Hall–Kier alpha value is -3.39. The third kappa shape index (κ3) is 4.66. The average molecular weight is 397 g/mol. The number of nitrogens with zero attached hydrogens (tertiary/aromatic N) is 1. The first-order valence-corrected chi connectivity index (χ1v) is 9.42. The molecule has 0 saturated heterocycles. The third-order valence-electron chi connectivity index (χ3n) is 3.76. The highest BCUT2D eigenvalue weighted by molar-refractivity contribution is 7.14. The van der Waals surface area contributed by atoms with Crippen LogP contribution in [0.1, 0.15) is 17.3 Å². The molecule has 1 aromatic heterocycles. The topological polar surface area (TPSA) is 89.5 Å². The number of hydrogen-bond donors (Lipinski definition) is 2. The van der Waals surface area contributed by atoms with Crippen LogP contribution in [0.3, 0.4) is 0 Å². The van der Waals surface area contributed by atoms with Crippen LogP contribution in [0.5, 0.6) is 5.75 Å². The highest BCUT2D eigenvalue weighted by Crippen LogP contribution is 2.31. The number of thiazole rings is 1. The summed E-state index contributed by atoms with van der Waals surface area (Å²) in [6.07, 6.45) is 0. The van der Waals surface area contributed by atoms with E-state index in [1.807, 2.05) is 29.6 Å². The number of ether oxygens (including phenoxy) is 2. The van der Waals surface area contributed by atoms with E-state index in [-0.39, 0.29) is 0 Å². The van der Waals surface area contributed by atoms with Gasteiger partial charge in [-0.3, -0.25) is 5.32 Å². The lowest BCUT2D eigenvalue weighted by Crippen LogP contribution is -2.19. The number of methoxy groups -OCH3 is 1. The number of hydrogen-bond acceptors (Lipinski definition) is 6. The van der Waals surface area contributed by atoms with Crippen molar-refractivity contribution in [1.82, 2.24) is 4.98 Å². The van der Waals surface area contributed by atoms with Gasteiger partial charge in [-0.25, -0.2) is 14.6 Å². The fourth-order valence-electron chi connectivity index (χ4n) is 2.47. The zero-order valence-corrected chi connectivity index (χ0v) is 16.2. The molecule has 2 aromatic carbocycles. The minimum absolute atomic E-state index is 0.311. The Bertz CT molecular complexity index is 970. The highest BCUT2D eigenvalue weighted by atomic mass is 32.1. The summed E-state index contributed by atoms with van der Waals surface area (Å²) in [6, 6.07) is 13.6. The van der Waals surface area contributed by atoms with Crippen molar-refractivity contribution in [1.29, 1.82) is 0 Å². The SMILES string of the molecule is CCOC(=O)c1ccc(NC(=O)Nc2nc(-c3ccccc3OC)cs2)cc1. The van der Waals surface area contributed by atoms with Gasteiger partial charge < -0.3 is 14.8 Å². The van der Waals surface area contributed by atoms with Crippen LogP contribution in [0.2, 0.25) is 0 Å². The Morgan fingerprint density at radius 3 is 2.54 bits per heavy atom. The summed E-state index contributed by atoms with van der Waals surface area (Å²) < 4.78 is 10.3. The van der Waals surface area contributed by atoms with Crippen LogP contribution in [-0.2, 0) is 4.74 Å². The Kier molecular flexibility index (Phi) is 6.23. The number of para-hydroxylation sites is 1. The zero-order chi connectivity index (χ0) is 19.9. The van der Waals surface area contributed by atoms with Gasteiger partial charge in [-0.05, 0) is 43.3 Å². The molecule has 0 unspecified atom stereocenters. The van der Waals surface area contributed by atoms with Crippen molar-refractivity contribution in [3.63, 3.8) is 0 Å². The summed E-state index contributed by atoms with van der Waals surface area (Å²) in [4.78, 5) is 28.3. The Balaban J connectivity index is 1.63. The number of amides is 2. The van der Waals surface area contributed by atoms with Crippen LogP contribution in [0.4, 0.5) is 15.6 Å². The van der Waals surface area contributed by atoms with Gasteiger partial charge in [0, 0.05) is 16.6 Å². The molecule has 2 N–H and O–H groups in total. The van der Waals surface area contributed by atoms with Crippen LogP contribution in [0, 0.1) is 0 Å². The lowest BCUT2D eigenvalue weighted by Gasteiger charge is -2.07. The largest absolute Gasteiger partial charge is 0.496 e. The van der Waals surface area contributed by atoms with Crippen molar-refractivity contribution < 1.29 is 19.1 Å². The smallest absolute Gasteiger partial charge is 0.338 e. The lowest BCUT2D eigenvalue weighted by molar-refractivity contribution is 0.0526. The number of aromatic nitrogens is 1.